The van der Waals surface area contributed by atoms with Crippen molar-refractivity contribution >= 4 is 5.95 Å². The van der Waals surface area contributed by atoms with Gasteiger partial charge in [0, 0.05) is 25.3 Å². The molecule has 1 aromatic heterocycles. The van der Waals surface area contributed by atoms with E-state index in [1.807, 2.05) is 0 Å². The molecule has 5 heteroatoms. The summed E-state index contributed by atoms with van der Waals surface area (Å²) in [5.74, 6) is 0.994. The van der Waals surface area contributed by atoms with E-state index >= 15 is 0 Å². The zero-order chi connectivity index (χ0) is 14.7. The topological polar surface area (TPSA) is 42.3 Å². The van der Waals surface area contributed by atoms with E-state index in [1.165, 1.54) is 32.2 Å². The maximum atomic E-state index is 6.07. The van der Waals surface area contributed by atoms with Crippen LogP contribution in [0.1, 0.15) is 38.3 Å². The van der Waals surface area contributed by atoms with Crippen molar-refractivity contribution in [2.45, 2.75) is 58.2 Å². The Bertz CT molecular complexity index is 459. The number of unbranched alkanes of at least 4 members (excludes halogenated alkanes) is 1. The van der Waals surface area contributed by atoms with Crippen molar-refractivity contribution in [3.8, 4) is 0 Å². The van der Waals surface area contributed by atoms with Crippen molar-refractivity contribution < 1.29 is 4.74 Å². The van der Waals surface area contributed by atoms with Crippen LogP contribution in [0, 0.1) is 6.92 Å². The van der Waals surface area contributed by atoms with Gasteiger partial charge in [-0.2, -0.15) is 0 Å². The van der Waals surface area contributed by atoms with Crippen molar-refractivity contribution in [1.82, 2.24) is 14.5 Å². The summed E-state index contributed by atoms with van der Waals surface area (Å²) in [6, 6.07) is 0.674. The summed E-state index contributed by atoms with van der Waals surface area (Å²) >= 11 is 0. The van der Waals surface area contributed by atoms with Gasteiger partial charge in [-0.15, -0.1) is 0 Å². The molecule has 2 fully saturated rings. The van der Waals surface area contributed by atoms with Gasteiger partial charge in [0.05, 0.1) is 24.9 Å². The quantitative estimate of drug-likeness (QED) is 0.817. The Labute approximate surface area is 127 Å². The fraction of sp³-hybridized carbons (Fsp3) is 0.812. The van der Waals surface area contributed by atoms with Gasteiger partial charge in [0.15, 0.2) is 0 Å². The Kier molecular flexibility index (Phi) is 4.80. The fourth-order valence-corrected chi connectivity index (χ4v) is 3.42. The largest absolute Gasteiger partial charge is 0.373 e. The van der Waals surface area contributed by atoms with Crippen molar-refractivity contribution in [2.24, 2.45) is 0 Å². The van der Waals surface area contributed by atoms with Crippen LogP contribution in [0.3, 0.4) is 0 Å². The number of ether oxygens (including phenoxy) is 1. The summed E-state index contributed by atoms with van der Waals surface area (Å²) < 4.78 is 8.30. The molecule has 5 nitrogen and oxygen atoms in total. The molecule has 2 unspecified atom stereocenters. The first-order valence-electron chi connectivity index (χ1n) is 8.39. The molecule has 0 bridgehead atoms. The van der Waals surface area contributed by atoms with Gasteiger partial charge >= 0.3 is 0 Å². The third kappa shape index (κ3) is 3.58. The second kappa shape index (κ2) is 6.79. The van der Waals surface area contributed by atoms with Gasteiger partial charge in [-0.25, -0.2) is 4.98 Å². The number of nitrogens with one attached hydrogen (secondary N) is 1. The smallest absolute Gasteiger partial charge is 0.203 e. The number of fused-ring (bicyclic) bond motifs is 1. The second-order valence-electron chi connectivity index (χ2n) is 6.38. The number of rotatable bonds is 6. The van der Waals surface area contributed by atoms with Crippen LogP contribution in [0.5, 0.6) is 0 Å². The molecule has 3 heterocycles. The zero-order valence-corrected chi connectivity index (χ0v) is 13.3. The second-order valence-corrected chi connectivity index (χ2v) is 6.38. The van der Waals surface area contributed by atoms with Gasteiger partial charge < -0.3 is 14.6 Å². The number of aromatic nitrogens is 2. The molecule has 0 spiro atoms. The average molecular weight is 292 g/mol. The number of hydrogen-bond donors (Lipinski definition) is 1. The van der Waals surface area contributed by atoms with Crippen molar-refractivity contribution in [3.63, 3.8) is 0 Å². The van der Waals surface area contributed by atoms with E-state index in [0.29, 0.717) is 12.1 Å². The summed E-state index contributed by atoms with van der Waals surface area (Å²) in [7, 11) is 0. The molecule has 0 saturated carbocycles. The molecule has 21 heavy (non-hydrogen) atoms. The zero-order valence-electron chi connectivity index (χ0n) is 13.3. The third-order valence-corrected chi connectivity index (χ3v) is 4.57. The molecule has 2 aliphatic rings. The van der Waals surface area contributed by atoms with Crippen LogP contribution in [-0.4, -0.2) is 52.8 Å². The summed E-state index contributed by atoms with van der Waals surface area (Å²) in [6.07, 6.45) is 7.44. The van der Waals surface area contributed by atoms with Crippen molar-refractivity contribution in [2.75, 3.05) is 31.6 Å². The SMILES string of the molecule is CCCCNc1nc(C)cn1CC1CN2CCCC2CO1. The first-order valence-corrected chi connectivity index (χ1v) is 8.39. The molecule has 1 N–H and O–H groups in total. The van der Waals surface area contributed by atoms with Crippen LogP contribution in [0.25, 0.3) is 0 Å². The third-order valence-electron chi connectivity index (χ3n) is 4.57. The molecule has 2 saturated heterocycles. The molecular weight excluding hydrogens is 264 g/mol. The lowest BCUT2D eigenvalue weighted by Gasteiger charge is -2.35. The van der Waals surface area contributed by atoms with Crippen molar-refractivity contribution in [3.05, 3.63) is 11.9 Å². The highest BCUT2D eigenvalue weighted by molar-refractivity contribution is 5.28. The van der Waals surface area contributed by atoms with Crippen molar-refractivity contribution in [1.29, 1.82) is 0 Å². The van der Waals surface area contributed by atoms with E-state index in [2.05, 4.69) is 39.8 Å². The summed E-state index contributed by atoms with van der Waals surface area (Å²) in [6.45, 7) is 9.37. The van der Waals surface area contributed by atoms with Crippen LogP contribution in [0.4, 0.5) is 5.95 Å². The number of aryl methyl sites for hydroxylation is 1. The van der Waals surface area contributed by atoms with E-state index in [9.17, 15) is 0 Å². The van der Waals surface area contributed by atoms with Crippen LogP contribution in [-0.2, 0) is 11.3 Å². The maximum absolute atomic E-state index is 6.07. The molecule has 0 aliphatic carbocycles. The van der Waals surface area contributed by atoms with E-state index in [1.54, 1.807) is 0 Å². The van der Waals surface area contributed by atoms with E-state index < -0.39 is 0 Å². The van der Waals surface area contributed by atoms with E-state index in [4.69, 9.17) is 4.74 Å². The molecule has 0 amide bonds. The van der Waals surface area contributed by atoms with Gasteiger partial charge in [-0.3, -0.25) is 4.90 Å². The van der Waals surface area contributed by atoms with E-state index in [-0.39, 0.29) is 0 Å². The number of imidazole rings is 1. The number of nitrogens with zero attached hydrogens (tertiary/aromatic N) is 3. The molecular formula is C16H28N4O. The van der Waals surface area contributed by atoms with Crippen LogP contribution in [0.15, 0.2) is 6.20 Å². The molecule has 2 aliphatic heterocycles. The Morgan fingerprint density at radius 2 is 2.38 bits per heavy atom. The predicted octanol–water partition coefficient (Wildman–Crippen LogP) is 2.27. The highest BCUT2D eigenvalue weighted by Crippen LogP contribution is 2.23. The number of anilines is 1. The normalized spacial score (nSPS) is 26.0. The van der Waals surface area contributed by atoms with Crippen LogP contribution in [0.2, 0.25) is 0 Å². The van der Waals surface area contributed by atoms with Gasteiger partial charge in [0.25, 0.3) is 0 Å². The molecule has 3 rings (SSSR count). The molecule has 0 radical (unpaired) electrons. The summed E-state index contributed by atoms with van der Waals surface area (Å²) in [4.78, 5) is 7.20. The Morgan fingerprint density at radius 1 is 1.48 bits per heavy atom. The summed E-state index contributed by atoms with van der Waals surface area (Å²) in [5, 5.41) is 3.45. The number of morpholine rings is 1. The van der Waals surface area contributed by atoms with Gasteiger partial charge in [0.1, 0.15) is 0 Å². The highest BCUT2D eigenvalue weighted by Gasteiger charge is 2.32. The van der Waals surface area contributed by atoms with Gasteiger partial charge in [-0.1, -0.05) is 13.3 Å². The Hall–Kier alpha value is -1.07. The minimum absolute atomic E-state index is 0.291. The highest BCUT2D eigenvalue weighted by atomic mass is 16.5. The monoisotopic (exact) mass is 292 g/mol. The lowest BCUT2D eigenvalue weighted by atomic mass is 10.2. The maximum Gasteiger partial charge on any atom is 0.203 e. The average Bonchev–Trinajstić information content (AvgIpc) is 3.06. The minimum Gasteiger partial charge on any atom is -0.373 e. The Balaban J connectivity index is 1.59. The molecule has 1 aromatic rings. The van der Waals surface area contributed by atoms with E-state index in [0.717, 1.165) is 37.9 Å². The summed E-state index contributed by atoms with van der Waals surface area (Å²) in [5.41, 5.74) is 1.07. The number of hydrogen-bond acceptors (Lipinski definition) is 4. The molecule has 0 aromatic carbocycles. The van der Waals surface area contributed by atoms with Gasteiger partial charge in [0.2, 0.25) is 5.95 Å². The van der Waals surface area contributed by atoms with Crippen LogP contribution < -0.4 is 5.32 Å². The molecule has 2 atom stereocenters. The lowest BCUT2D eigenvalue weighted by Crippen LogP contribution is -2.47. The lowest BCUT2D eigenvalue weighted by molar-refractivity contribution is -0.0549. The fourth-order valence-electron chi connectivity index (χ4n) is 3.42. The minimum atomic E-state index is 0.291. The predicted molar refractivity (Wildman–Crippen MR) is 84.7 cm³/mol. The first kappa shape index (κ1) is 14.9. The standard InChI is InChI=1S/C16H28N4O/c1-3-4-7-17-16-18-13(2)9-20(16)11-15-10-19-8-5-6-14(19)12-21-15/h9,14-15H,3-8,10-12H2,1-2H3,(H,17,18). The molecule has 118 valence electrons. The first-order chi connectivity index (χ1) is 10.3. The van der Waals surface area contributed by atoms with Crippen LogP contribution >= 0.6 is 0 Å². The Morgan fingerprint density at radius 3 is 3.24 bits per heavy atom. The van der Waals surface area contributed by atoms with Gasteiger partial charge in [-0.05, 0) is 32.7 Å².